The van der Waals surface area contributed by atoms with Gasteiger partial charge in [-0.05, 0) is 66.9 Å². The van der Waals surface area contributed by atoms with Crippen molar-refractivity contribution >= 4 is 22.6 Å². The van der Waals surface area contributed by atoms with Crippen molar-refractivity contribution in [3.63, 3.8) is 0 Å². The summed E-state index contributed by atoms with van der Waals surface area (Å²) in [4.78, 5) is 20.6. The molecule has 2 aromatic carbocycles. The van der Waals surface area contributed by atoms with E-state index in [9.17, 15) is 4.79 Å². The van der Waals surface area contributed by atoms with Crippen LogP contribution in [0.25, 0.3) is 16.7 Å². The average Bonchev–Trinajstić information content (AvgIpc) is 3.46. The number of halogens is 1. The van der Waals surface area contributed by atoms with Crippen molar-refractivity contribution < 1.29 is 4.74 Å². The van der Waals surface area contributed by atoms with E-state index in [1.54, 1.807) is 41.1 Å². The van der Waals surface area contributed by atoms with E-state index in [1.807, 2.05) is 24.3 Å². The molecule has 5 nitrogen and oxygen atoms in total. The maximum atomic E-state index is 12.6. The van der Waals surface area contributed by atoms with Crippen molar-refractivity contribution in [2.45, 2.75) is 25.4 Å². The highest BCUT2D eigenvalue weighted by Crippen LogP contribution is 2.39. The Morgan fingerprint density at radius 2 is 1.93 bits per heavy atom. The lowest BCUT2D eigenvalue weighted by Gasteiger charge is -2.09. The third-order valence-corrected chi connectivity index (χ3v) is 5.18. The van der Waals surface area contributed by atoms with Crippen molar-refractivity contribution in [3.05, 3.63) is 87.6 Å². The number of fused-ring (bicyclic) bond motifs is 1. The first kappa shape index (κ1) is 17.1. The molecule has 4 aromatic rings. The van der Waals surface area contributed by atoms with Crippen LogP contribution < -0.4 is 10.3 Å². The number of H-pyrrole nitrogens is 1. The minimum atomic E-state index is -0.0986. The number of hydrogen-bond acceptors (Lipinski definition) is 3. The van der Waals surface area contributed by atoms with E-state index in [0.29, 0.717) is 23.3 Å². The Hall–Kier alpha value is -3.05. The number of nitrogens with one attached hydrogen (secondary N) is 1. The molecule has 28 heavy (non-hydrogen) atoms. The summed E-state index contributed by atoms with van der Waals surface area (Å²) in [5.41, 5.74) is 3.43. The maximum Gasteiger partial charge on any atom is 0.255 e. The molecule has 0 saturated heterocycles. The number of ether oxygens (including phenoxy) is 1. The molecule has 1 saturated carbocycles. The van der Waals surface area contributed by atoms with Gasteiger partial charge in [0.25, 0.3) is 5.56 Å². The van der Waals surface area contributed by atoms with Gasteiger partial charge < -0.3 is 9.72 Å². The summed E-state index contributed by atoms with van der Waals surface area (Å²) in [6.45, 7) is 0.321. The lowest BCUT2D eigenvalue weighted by molar-refractivity contribution is 0.306. The van der Waals surface area contributed by atoms with E-state index >= 15 is 0 Å². The molecule has 2 aromatic heterocycles. The summed E-state index contributed by atoms with van der Waals surface area (Å²) in [6, 6.07) is 16.5. The minimum absolute atomic E-state index is 0.0986. The van der Waals surface area contributed by atoms with E-state index in [-0.39, 0.29) is 5.56 Å². The van der Waals surface area contributed by atoms with Gasteiger partial charge in [0.05, 0.1) is 16.7 Å². The van der Waals surface area contributed by atoms with E-state index in [2.05, 4.69) is 9.97 Å². The van der Waals surface area contributed by atoms with Crippen molar-refractivity contribution in [1.29, 1.82) is 0 Å². The molecule has 1 aliphatic carbocycles. The number of imidazole rings is 1. The van der Waals surface area contributed by atoms with Crippen LogP contribution in [0.15, 0.2) is 65.6 Å². The van der Waals surface area contributed by atoms with Crippen LogP contribution in [0, 0.1) is 0 Å². The number of aromatic nitrogens is 3. The third-order valence-electron chi connectivity index (χ3n) is 4.93. The first-order valence-electron chi connectivity index (χ1n) is 9.26. The molecule has 140 valence electrons. The monoisotopic (exact) mass is 391 g/mol. The highest BCUT2D eigenvalue weighted by atomic mass is 35.5. The number of aromatic amines is 1. The summed E-state index contributed by atoms with van der Waals surface area (Å²) in [6.07, 6.45) is 4.18. The lowest BCUT2D eigenvalue weighted by Crippen LogP contribution is -2.17. The smallest absolute Gasteiger partial charge is 0.255 e. The van der Waals surface area contributed by atoms with Crippen LogP contribution in [0.5, 0.6) is 5.75 Å². The lowest BCUT2D eigenvalue weighted by atomic mass is 10.2. The van der Waals surface area contributed by atoms with E-state index in [1.165, 1.54) is 12.8 Å². The number of pyridine rings is 1. The van der Waals surface area contributed by atoms with Gasteiger partial charge in [0.15, 0.2) is 0 Å². The van der Waals surface area contributed by atoms with Gasteiger partial charge in [-0.15, -0.1) is 0 Å². The van der Waals surface area contributed by atoms with Crippen LogP contribution in [0.1, 0.15) is 30.1 Å². The number of nitrogens with zero attached hydrogens (tertiary/aromatic N) is 2. The predicted octanol–water partition coefficient (Wildman–Crippen LogP) is 4.82. The summed E-state index contributed by atoms with van der Waals surface area (Å²) >= 11 is 5.88. The normalized spacial score (nSPS) is 13.8. The maximum absolute atomic E-state index is 12.6. The second-order valence-electron chi connectivity index (χ2n) is 7.08. The molecule has 1 fully saturated rings. The predicted molar refractivity (Wildman–Crippen MR) is 109 cm³/mol. The van der Waals surface area contributed by atoms with Crippen molar-refractivity contribution in [1.82, 2.24) is 14.5 Å². The minimum Gasteiger partial charge on any atom is -0.489 e. The van der Waals surface area contributed by atoms with E-state index in [4.69, 9.17) is 16.3 Å². The summed E-state index contributed by atoms with van der Waals surface area (Å²) in [7, 11) is 0. The fourth-order valence-corrected chi connectivity index (χ4v) is 3.36. The third kappa shape index (κ3) is 3.41. The van der Waals surface area contributed by atoms with Crippen molar-refractivity contribution in [3.8, 4) is 11.4 Å². The zero-order valence-corrected chi connectivity index (χ0v) is 15.8. The molecule has 0 spiro atoms. The Kier molecular flexibility index (Phi) is 4.17. The molecule has 0 aliphatic heterocycles. The molecule has 1 N–H and O–H groups in total. The molecule has 1 aliphatic rings. The molecular weight excluding hydrogens is 374 g/mol. The number of hydrogen-bond donors (Lipinski definition) is 1. The molecule has 0 bridgehead atoms. The highest BCUT2D eigenvalue weighted by Gasteiger charge is 2.26. The second-order valence-corrected chi connectivity index (χ2v) is 7.52. The number of rotatable bonds is 5. The van der Waals surface area contributed by atoms with Gasteiger partial charge >= 0.3 is 0 Å². The molecular formula is C22H18ClN3O2. The molecule has 6 heteroatoms. The summed E-state index contributed by atoms with van der Waals surface area (Å²) < 4.78 is 7.34. The van der Waals surface area contributed by atoms with Gasteiger partial charge in [0, 0.05) is 23.2 Å². The van der Waals surface area contributed by atoms with Crippen LogP contribution >= 0.6 is 11.6 Å². The Morgan fingerprint density at radius 3 is 2.68 bits per heavy atom. The molecule has 0 atom stereocenters. The zero-order chi connectivity index (χ0) is 19.1. The van der Waals surface area contributed by atoms with Gasteiger partial charge in [-0.25, -0.2) is 4.98 Å². The Balaban J connectivity index is 1.37. The molecule has 5 rings (SSSR count). The first-order chi connectivity index (χ1) is 13.7. The summed E-state index contributed by atoms with van der Waals surface area (Å²) in [5, 5.41) is 0.661. The zero-order valence-electron chi connectivity index (χ0n) is 15.1. The van der Waals surface area contributed by atoms with Crippen LogP contribution in [-0.2, 0) is 6.61 Å². The summed E-state index contributed by atoms with van der Waals surface area (Å²) in [5.74, 6) is 2.33. The second kappa shape index (κ2) is 6.84. The van der Waals surface area contributed by atoms with Gasteiger partial charge in [0.2, 0.25) is 0 Å². The molecule has 0 radical (unpaired) electrons. The van der Waals surface area contributed by atoms with Crippen molar-refractivity contribution in [2.24, 2.45) is 0 Å². The van der Waals surface area contributed by atoms with E-state index < -0.39 is 0 Å². The first-order valence-corrected chi connectivity index (χ1v) is 9.63. The van der Waals surface area contributed by atoms with Crippen LogP contribution in [0.2, 0.25) is 5.02 Å². The van der Waals surface area contributed by atoms with Crippen LogP contribution in [0.4, 0.5) is 0 Å². The SMILES string of the molecule is O=c1cc(COc2ccc(Cl)cc2)ccn1-c1ccc2nc(C3CC3)[nH]c2c1. The van der Waals surface area contributed by atoms with Crippen LogP contribution in [-0.4, -0.2) is 14.5 Å². The van der Waals surface area contributed by atoms with Gasteiger partial charge in [0.1, 0.15) is 18.2 Å². The Labute approximate surface area is 166 Å². The molecule has 0 amide bonds. The highest BCUT2D eigenvalue weighted by molar-refractivity contribution is 6.30. The average molecular weight is 392 g/mol. The van der Waals surface area contributed by atoms with Gasteiger partial charge in [-0.2, -0.15) is 0 Å². The Bertz CT molecular complexity index is 1210. The fourth-order valence-electron chi connectivity index (χ4n) is 3.24. The van der Waals surface area contributed by atoms with Crippen molar-refractivity contribution in [2.75, 3.05) is 0 Å². The van der Waals surface area contributed by atoms with Gasteiger partial charge in [-0.3, -0.25) is 9.36 Å². The Morgan fingerprint density at radius 1 is 1.11 bits per heavy atom. The number of benzene rings is 2. The quantitative estimate of drug-likeness (QED) is 0.530. The fraction of sp³-hybridized carbons (Fsp3) is 0.182. The standard InChI is InChI=1S/C22H18ClN3O2/c23-16-3-6-18(7-4-16)28-13-14-9-10-26(21(27)11-14)17-5-8-19-20(12-17)25-22(24-19)15-1-2-15/h3-12,15H,1-2,13H2,(H,24,25). The van der Waals surface area contributed by atoms with E-state index in [0.717, 1.165) is 28.1 Å². The molecule has 0 unspecified atom stereocenters. The van der Waals surface area contributed by atoms with Crippen LogP contribution in [0.3, 0.4) is 0 Å². The topological polar surface area (TPSA) is 59.9 Å². The largest absolute Gasteiger partial charge is 0.489 e. The van der Waals surface area contributed by atoms with Gasteiger partial charge in [-0.1, -0.05) is 11.6 Å². The molecule has 2 heterocycles.